The Morgan fingerprint density at radius 3 is 2.70 bits per heavy atom. The zero-order valence-corrected chi connectivity index (χ0v) is 12.7. The van der Waals surface area contributed by atoms with Crippen LogP contribution in [-0.4, -0.2) is 18.0 Å². The zero-order valence-electron chi connectivity index (χ0n) is 11.1. The molecule has 0 aliphatic rings. The summed E-state index contributed by atoms with van der Waals surface area (Å²) in [5.74, 6) is 0.722. The molecule has 1 amide bonds. The largest absolute Gasteiger partial charge is 0.497 e. The van der Waals surface area contributed by atoms with Gasteiger partial charge >= 0.3 is 0 Å². The standard InChI is InChI=1S/C15H15BrN2O2/c1-20-12-3-4-14(13(16)10-12)18-15(19)5-2-11-6-8-17-9-7-11/h3-4,6-10H,2,5H2,1H3,(H,18,19). The highest BCUT2D eigenvalue weighted by Crippen LogP contribution is 2.27. The number of carbonyl (C=O) groups excluding carboxylic acids is 1. The van der Waals surface area contributed by atoms with E-state index in [9.17, 15) is 4.79 Å². The van der Waals surface area contributed by atoms with Gasteiger partial charge in [0.05, 0.1) is 12.8 Å². The first kappa shape index (κ1) is 14.5. The third kappa shape index (κ3) is 4.06. The van der Waals surface area contributed by atoms with Gasteiger partial charge in [-0.05, 0) is 58.2 Å². The van der Waals surface area contributed by atoms with Crippen molar-refractivity contribution in [2.24, 2.45) is 0 Å². The number of nitrogens with one attached hydrogen (secondary N) is 1. The Kier molecular flexibility index (Phi) is 5.12. The number of methoxy groups -OCH3 is 1. The SMILES string of the molecule is COc1ccc(NC(=O)CCc2ccncc2)c(Br)c1. The first-order valence-electron chi connectivity index (χ1n) is 6.21. The van der Waals surface area contributed by atoms with Gasteiger partial charge in [-0.2, -0.15) is 0 Å². The summed E-state index contributed by atoms with van der Waals surface area (Å²) >= 11 is 3.41. The second-order valence-electron chi connectivity index (χ2n) is 4.25. The third-order valence-electron chi connectivity index (χ3n) is 2.84. The molecular weight excluding hydrogens is 320 g/mol. The molecule has 0 fully saturated rings. The molecule has 2 rings (SSSR count). The molecule has 20 heavy (non-hydrogen) atoms. The number of amides is 1. The number of carbonyl (C=O) groups is 1. The minimum absolute atomic E-state index is 0.0207. The van der Waals surface area contributed by atoms with Crippen LogP contribution in [0.25, 0.3) is 0 Å². The number of aromatic nitrogens is 1. The Morgan fingerprint density at radius 2 is 2.05 bits per heavy atom. The highest BCUT2D eigenvalue weighted by Gasteiger charge is 2.07. The Morgan fingerprint density at radius 1 is 1.30 bits per heavy atom. The minimum atomic E-state index is -0.0207. The Balaban J connectivity index is 1.91. The predicted octanol–water partition coefficient (Wildman–Crippen LogP) is 3.42. The van der Waals surface area contributed by atoms with Crippen LogP contribution in [0.2, 0.25) is 0 Å². The summed E-state index contributed by atoms with van der Waals surface area (Å²) in [4.78, 5) is 15.9. The van der Waals surface area contributed by atoms with Crippen LogP contribution in [0.3, 0.4) is 0 Å². The molecule has 0 saturated heterocycles. The van der Waals surface area contributed by atoms with Crippen molar-refractivity contribution in [3.05, 3.63) is 52.8 Å². The predicted molar refractivity (Wildman–Crippen MR) is 81.9 cm³/mol. The van der Waals surface area contributed by atoms with Gasteiger partial charge in [-0.1, -0.05) is 0 Å². The average Bonchev–Trinajstić information content (AvgIpc) is 2.48. The van der Waals surface area contributed by atoms with Gasteiger partial charge in [0.25, 0.3) is 0 Å². The molecule has 0 radical (unpaired) electrons. The molecular formula is C15H15BrN2O2. The normalized spacial score (nSPS) is 10.1. The van der Waals surface area contributed by atoms with E-state index < -0.39 is 0 Å². The Hall–Kier alpha value is -1.88. The maximum atomic E-state index is 11.9. The summed E-state index contributed by atoms with van der Waals surface area (Å²) in [5.41, 5.74) is 1.84. The lowest BCUT2D eigenvalue weighted by Crippen LogP contribution is -2.12. The zero-order chi connectivity index (χ0) is 14.4. The molecule has 5 heteroatoms. The fourth-order valence-corrected chi connectivity index (χ4v) is 2.20. The molecule has 0 spiro atoms. The molecule has 0 aliphatic heterocycles. The van der Waals surface area contributed by atoms with Gasteiger partial charge in [0.1, 0.15) is 5.75 Å². The molecule has 0 bridgehead atoms. The number of halogens is 1. The number of hydrogen-bond donors (Lipinski definition) is 1. The molecule has 2 aromatic rings. The minimum Gasteiger partial charge on any atom is -0.497 e. The molecule has 1 aromatic carbocycles. The third-order valence-corrected chi connectivity index (χ3v) is 3.50. The molecule has 0 aliphatic carbocycles. The van der Waals surface area contributed by atoms with Crippen LogP contribution in [0.1, 0.15) is 12.0 Å². The lowest BCUT2D eigenvalue weighted by molar-refractivity contribution is -0.116. The summed E-state index contributed by atoms with van der Waals surface area (Å²) in [7, 11) is 1.61. The van der Waals surface area contributed by atoms with Crippen molar-refractivity contribution >= 4 is 27.5 Å². The smallest absolute Gasteiger partial charge is 0.224 e. The van der Waals surface area contributed by atoms with E-state index >= 15 is 0 Å². The van der Waals surface area contributed by atoms with Crippen LogP contribution >= 0.6 is 15.9 Å². The van der Waals surface area contributed by atoms with E-state index in [0.29, 0.717) is 12.8 Å². The summed E-state index contributed by atoms with van der Waals surface area (Å²) in [5, 5.41) is 2.87. The van der Waals surface area contributed by atoms with Gasteiger partial charge in [-0.25, -0.2) is 0 Å². The van der Waals surface area contributed by atoms with E-state index in [1.807, 2.05) is 30.3 Å². The van der Waals surface area contributed by atoms with Crippen molar-refractivity contribution in [2.75, 3.05) is 12.4 Å². The highest BCUT2D eigenvalue weighted by molar-refractivity contribution is 9.10. The number of hydrogen-bond acceptors (Lipinski definition) is 3. The maximum Gasteiger partial charge on any atom is 0.224 e. The van der Waals surface area contributed by atoms with Gasteiger partial charge < -0.3 is 10.1 Å². The number of rotatable bonds is 5. The lowest BCUT2D eigenvalue weighted by atomic mass is 10.1. The topological polar surface area (TPSA) is 51.2 Å². The van der Waals surface area contributed by atoms with Crippen molar-refractivity contribution in [1.29, 1.82) is 0 Å². The Labute approximate surface area is 126 Å². The van der Waals surface area contributed by atoms with E-state index in [-0.39, 0.29) is 5.91 Å². The Bertz CT molecular complexity index is 588. The fraction of sp³-hybridized carbons (Fsp3) is 0.200. The van der Waals surface area contributed by atoms with Crippen molar-refractivity contribution < 1.29 is 9.53 Å². The van der Waals surface area contributed by atoms with E-state index in [2.05, 4.69) is 26.2 Å². The molecule has 0 unspecified atom stereocenters. The highest BCUT2D eigenvalue weighted by atomic mass is 79.9. The van der Waals surface area contributed by atoms with Crippen LogP contribution in [0, 0.1) is 0 Å². The van der Waals surface area contributed by atoms with Crippen LogP contribution in [0.5, 0.6) is 5.75 Å². The van der Waals surface area contributed by atoms with E-state index in [1.54, 1.807) is 19.5 Å². The second-order valence-corrected chi connectivity index (χ2v) is 5.10. The van der Waals surface area contributed by atoms with Crippen LogP contribution in [0.4, 0.5) is 5.69 Å². The van der Waals surface area contributed by atoms with Crippen molar-refractivity contribution in [3.63, 3.8) is 0 Å². The number of nitrogens with zero attached hydrogens (tertiary/aromatic N) is 1. The number of pyridine rings is 1. The van der Waals surface area contributed by atoms with Crippen LogP contribution in [-0.2, 0) is 11.2 Å². The monoisotopic (exact) mass is 334 g/mol. The fourth-order valence-electron chi connectivity index (χ4n) is 1.74. The molecule has 0 saturated carbocycles. The van der Waals surface area contributed by atoms with Crippen molar-refractivity contribution in [2.45, 2.75) is 12.8 Å². The van der Waals surface area contributed by atoms with Crippen molar-refractivity contribution in [1.82, 2.24) is 4.98 Å². The molecule has 104 valence electrons. The molecule has 1 aromatic heterocycles. The number of ether oxygens (including phenoxy) is 1. The van der Waals surface area contributed by atoms with Crippen molar-refractivity contribution in [3.8, 4) is 5.75 Å². The van der Waals surface area contributed by atoms with Gasteiger partial charge in [0.2, 0.25) is 5.91 Å². The maximum absolute atomic E-state index is 11.9. The lowest BCUT2D eigenvalue weighted by Gasteiger charge is -2.09. The van der Waals surface area contributed by atoms with Crippen LogP contribution in [0.15, 0.2) is 47.2 Å². The van der Waals surface area contributed by atoms with E-state index in [0.717, 1.165) is 21.5 Å². The first-order chi connectivity index (χ1) is 9.69. The average molecular weight is 335 g/mol. The molecule has 1 heterocycles. The number of benzene rings is 1. The van der Waals surface area contributed by atoms with E-state index in [1.165, 1.54) is 0 Å². The van der Waals surface area contributed by atoms with Gasteiger partial charge in [-0.15, -0.1) is 0 Å². The number of aryl methyl sites for hydroxylation is 1. The second kappa shape index (κ2) is 7.05. The van der Waals surface area contributed by atoms with Crippen LogP contribution < -0.4 is 10.1 Å². The molecule has 0 atom stereocenters. The summed E-state index contributed by atoms with van der Waals surface area (Å²) < 4.78 is 5.91. The summed E-state index contributed by atoms with van der Waals surface area (Å²) in [6.07, 6.45) is 4.59. The van der Waals surface area contributed by atoms with Gasteiger partial charge in [0, 0.05) is 23.3 Å². The molecule has 1 N–H and O–H groups in total. The first-order valence-corrected chi connectivity index (χ1v) is 7.00. The number of anilines is 1. The quantitative estimate of drug-likeness (QED) is 0.911. The van der Waals surface area contributed by atoms with Gasteiger partial charge in [-0.3, -0.25) is 9.78 Å². The summed E-state index contributed by atoms with van der Waals surface area (Å²) in [6.45, 7) is 0. The van der Waals surface area contributed by atoms with Gasteiger partial charge in [0.15, 0.2) is 0 Å². The summed E-state index contributed by atoms with van der Waals surface area (Å²) in [6, 6.07) is 9.27. The van der Waals surface area contributed by atoms with E-state index in [4.69, 9.17) is 4.74 Å². The molecule has 4 nitrogen and oxygen atoms in total.